The van der Waals surface area contributed by atoms with Crippen molar-refractivity contribution in [2.45, 2.75) is 19.5 Å². The molecule has 0 radical (unpaired) electrons. The van der Waals surface area contributed by atoms with Gasteiger partial charge in [0, 0.05) is 25.4 Å². The summed E-state index contributed by atoms with van der Waals surface area (Å²) in [5.41, 5.74) is 7.69. The molecule has 0 aliphatic heterocycles. The second-order valence-electron chi connectivity index (χ2n) is 8.51. The van der Waals surface area contributed by atoms with Crippen molar-refractivity contribution in [3.63, 3.8) is 0 Å². The third-order valence-electron chi connectivity index (χ3n) is 5.72. The number of amides is 1. The van der Waals surface area contributed by atoms with Gasteiger partial charge in [0.1, 0.15) is 22.9 Å². The lowest BCUT2D eigenvalue weighted by molar-refractivity contribution is -0.275. The maximum Gasteiger partial charge on any atom is 0.574 e. The number of halogens is 3. The number of aromatic nitrogens is 4. The van der Waals surface area contributed by atoms with Crippen LogP contribution in [0.2, 0.25) is 0 Å². The number of hydrogen-bond acceptors (Lipinski definition) is 7. The van der Waals surface area contributed by atoms with Gasteiger partial charge in [-0.05, 0) is 23.3 Å². The van der Waals surface area contributed by atoms with E-state index in [-0.39, 0.29) is 22.7 Å². The highest BCUT2D eigenvalue weighted by atomic mass is 19.4. The molecule has 12 heteroatoms. The number of nitrogens with zero attached hydrogens (tertiary/aromatic N) is 5. The molecule has 1 amide bonds. The van der Waals surface area contributed by atoms with Crippen LogP contribution in [0.25, 0.3) is 5.65 Å². The van der Waals surface area contributed by atoms with Gasteiger partial charge in [0.05, 0.1) is 6.20 Å². The van der Waals surface area contributed by atoms with Crippen molar-refractivity contribution in [3.05, 3.63) is 108 Å². The molecule has 0 bridgehead atoms. The van der Waals surface area contributed by atoms with E-state index in [2.05, 4.69) is 25.1 Å². The second-order valence-corrected chi connectivity index (χ2v) is 8.51. The van der Waals surface area contributed by atoms with Gasteiger partial charge in [-0.3, -0.25) is 4.79 Å². The Labute approximate surface area is 220 Å². The van der Waals surface area contributed by atoms with E-state index in [0.717, 1.165) is 11.1 Å². The number of benzene rings is 2. The minimum atomic E-state index is -4.94. The number of rotatable bonds is 9. The second kappa shape index (κ2) is 10.7. The van der Waals surface area contributed by atoms with Gasteiger partial charge >= 0.3 is 6.36 Å². The normalized spacial score (nSPS) is 11.4. The fourth-order valence-electron chi connectivity index (χ4n) is 4.05. The SMILES string of the molecule is NC(=O)c1cnn2c(N(Cc3ccccc3)Cc3ccccc3)cc(Nc3cccnc3OC(F)(F)F)nc12. The molecule has 0 aliphatic carbocycles. The van der Waals surface area contributed by atoms with E-state index in [9.17, 15) is 18.0 Å². The monoisotopic (exact) mass is 533 g/mol. The minimum absolute atomic E-state index is 0.0530. The van der Waals surface area contributed by atoms with Crippen molar-refractivity contribution in [1.29, 1.82) is 0 Å². The zero-order chi connectivity index (χ0) is 27.4. The summed E-state index contributed by atoms with van der Waals surface area (Å²) in [6.07, 6.45) is -2.46. The Kier molecular flexibility index (Phi) is 7.00. The summed E-state index contributed by atoms with van der Waals surface area (Å²) in [7, 11) is 0. The van der Waals surface area contributed by atoms with Gasteiger partial charge in [0.25, 0.3) is 5.91 Å². The Bertz CT molecular complexity index is 1550. The van der Waals surface area contributed by atoms with Gasteiger partial charge in [-0.2, -0.15) is 9.61 Å². The lowest BCUT2D eigenvalue weighted by Crippen LogP contribution is -2.25. The summed E-state index contributed by atoms with van der Waals surface area (Å²) in [5, 5.41) is 7.20. The fourth-order valence-corrected chi connectivity index (χ4v) is 4.05. The molecule has 0 fully saturated rings. The highest BCUT2D eigenvalue weighted by Crippen LogP contribution is 2.32. The average molecular weight is 534 g/mol. The van der Waals surface area contributed by atoms with Crippen molar-refractivity contribution in [1.82, 2.24) is 19.6 Å². The number of hydrogen-bond donors (Lipinski definition) is 2. The number of alkyl halides is 3. The molecule has 198 valence electrons. The van der Waals surface area contributed by atoms with E-state index in [1.54, 1.807) is 6.07 Å². The predicted molar refractivity (Wildman–Crippen MR) is 138 cm³/mol. The molecule has 3 aromatic heterocycles. The summed E-state index contributed by atoms with van der Waals surface area (Å²) in [4.78, 5) is 22.3. The Morgan fingerprint density at radius 3 is 2.21 bits per heavy atom. The molecule has 0 atom stereocenters. The molecule has 0 spiro atoms. The Morgan fingerprint density at radius 2 is 1.62 bits per heavy atom. The van der Waals surface area contributed by atoms with E-state index < -0.39 is 18.1 Å². The fraction of sp³-hybridized carbons (Fsp3) is 0.111. The first-order valence-electron chi connectivity index (χ1n) is 11.8. The van der Waals surface area contributed by atoms with Crippen molar-refractivity contribution >= 4 is 28.9 Å². The predicted octanol–water partition coefficient (Wildman–Crippen LogP) is 5.07. The van der Waals surface area contributed by atoms with Gasteiger partial charge in [0.15, 0.2) is 5.65 Å². The lowest BCUT2D eigenvalue weighted by atomic mass is 10.1. The Balaban J connectivity index is 1.63. The number of pyridine rings is 1. The molecule has 3 N–H and O–H groups in total. The van der Waals surface area contributed by atoms with Crippen LogP contribution >= 0.6 is 0 Å². The average Bonchev–Trinajstić information content (AvgIpc) is 3.34. The van der Waals surface area contributed by atoms with Crippen LogP contribution < -0.4 is 20.7 Å². The molecule has 5 rings (SSSR count). The summed E-state index contributed by atoms with van der Waals surface area (Å²) in [6.45, 7) is 0.907. The number of fused-ring (bicyclic) bond motifs is 1. The van der Waals surface area contributed by atoms with Crippen molar-refractivity contribution in [3.8, 4) is 5.88 Å². The van der Waals surface area contributed by atoms with Gasteiger partial charge in [-0.1, -0.05) is 60.7 Å². The van der Waals surface area contributed by atoms with Gasteiger partial charge in [-0.15, -0.1) is 13.2 Å². The van der Waals surface area contributed by atoms with Crippen LogP contribution in [-0.2, 0) is 13.1 Å². The molecule has 2 aromatic carbocycles. The van der Waals surface area contributed by atoms with E-state index in [1.807, 2.05) is 65.6 Å². The third kappa shape index (κ3) is 6.06. The number of carbonyl (C=O) groups is 1. The minimum Gasteiger partial charge on any atom is -0.386 e. The molecule has 0 saturated carbocycles. The summed E-state index contributed by atoms with van der Waals surface area (Å²) in [5.74, 6) is -0.778. The van der Waals surface area contributed by atoms with E-state index in [4.69, 9.17) is 5.73 Å². The van der Waals surface area contributed by atoms with Crippen LogP contribution in [0.1, 0.15) is 21.5 Å². The molecular formula is C27H22F3N7O2. The van der Waals surface area contributed by atoms with E-state index >= 15 is 0 Å². The Morgan fingerprint density at radius 1 is 0.974 bits per heavy atom. The van der Waals surface area contributed by atoms with Gasteiger partial charge < -0.3 is 20.7 Å². The number of ether oxygens (including phenoxy) is 1. The number of nitrogens with two attached hydrogens (primary N) is 1. The summed E-state index contributed by atoms with van der Waals surface area (Å²) >= 11 is 0. The van der Waals surface area contributed by atoms with Crippen LogP contribution in [0.15, 0.2) is 91.3 Å². The quantitative estimate of drug-likeness (QED) is 0.272. The molecule has 0 unspecified atom stereocenters. The van der Waals surface area contributed by atoms with Gasteiger partial charge in [-0.25, -0.2) is 9.97 Å². The first-order chi connectivity index (χ1) is 18.8. The van der Waals surface area contributed by atoms with Crippen molar-refractivity contribution in [2.75, 3.05) is 10.2 Å². The van der Waals surface area contributed by atoms with Crippen LogP contribution in [0, 0.1) is 0 Å². The number of nitrogens with one attached hydrogen (secondary N) is 1. The first-order valence-corrected chi connectivity index (χ1v) is 11.8. The number of anilines is 3. The molecule has 5 aromatic rings. The topological polar surface area (TPSA) is 111 Å². The van der Waals surface area contributed by atoms with Crippen LogP contribution in [0.4, 0.5) is 30.5 Å². The zero-order valence-electron chi connectivity index (χ0n) is 20.3. The van der Waals surface area contributed by atoms with Crippen molar-refractivity contribution in [2.24, 2.45) is 5.73 Å². The van der Waals surface area contributed by atoms with Crippen LogP contribution in [0.5, 0.6) is 5.88 Å². The highest BCUT2D eigenvalue weighted by molar-refractivity contribution is 5.99. The molecule has 9 nitrogen and oxygen atoms in total. The largest absolute Gasteiger partial charge is 0.574 e. The first kappa shape index (κ1) is 25.5. The molecule has 3 heterocycles. The lowest BCUT2D eigenvalue weighted by Gasteiger charge is -2.26. The summed E-state index contributed by atoms with van der Waals surface area (Å²) in [6, 6.07) is 23.9. The van der Waals surface area contributed by atoms with Crippen LogP contribution in [-0.4, -0.2) is 31.9 Å². The summed E-state index contributed by atoms with van der Waals surface area (Å²) < 4.78 is 44.5. The standard InChI is InChI=1S/C27H22F3N7O2/c28-27(29,30)39-26-21(12-7-13-32-26)34-22-14-23(37-25(35-22)20(15-33-37)24(31)38)36(16-18-8-3-1-4-9-18)17-19-10-5-2-6-11-19/h1-15H,16-17H2,(H2,31,38)(H,34,35). The number of carbonyl (C=O) groups excluding carboxylic acids is 1. The maximum absolute atomic E-state index is 13.0. The highest BCUT2D eigenvalue weighted by Gasteiger charge is 2.33. The molecular weight excluding hydrogens is 511 g/mol. The maximum atomic E-state index is 13.0. The molecule has 0 aliphatic rings. The van der Waals surface area contributed by atoms with Gasteiger partial charge in [0.2, 0.25) is 5.88 Å². The molecule has 39 heavy (non-hydrogen) atoms. The smallest absolute Gasteiger partial charge is 0.386 e. The van der Waals surface area contributed by atoms with E-state index in [1.165, 1.54) is 29.0 Å². The molecule has 0 saturated heterocycles. The third-order valence-corrected chi connectivity index (χ3v) is 5.72. The zero-order valence-corrected chi connectivity index (χ0v) is 20.3. The van der Waals surface area contributed by atoms with E-state index in [0.29, 0.717) is 18.9 Å². The van der Waals surface area contributed by atoms with Crippen molar-refractivity contribution < 1.29 is 22.7 Å². The number of primary amides is 1. The Hall–Kier alpha value is -5.13. The van der Waals surface area contributed by atoms with Crippen LogP contribution in [0.3, 0.4) is 0 Å².